The maximum absolute atomic E-state index is 6.11. The fourth-order valence-electron chi connectivity index (χ4n) is 2.08. The van der Waals surface area contributed by atoms with Crippen molar-refractivity contribution in [3.8, 4) is 5.75 Å². The average molecular weight is 255 g/mol. The van der Waals surface area contributed by atoms with Crippen LogP contribution in [-0.2, 0) is 0 Å². The van der Waals surface area contributed by atoms with Crippen molar-refractivity contribution >= 4 is 0 Å². The van der Waals surface area contributed by atoms with Crippen molar-refractivity contribution in [2.45, 2.75) is 26.0 Å². The van der Waals surface area contributed by atoms with Gasteiger partial charge in [0.15, 0.2) is 0 Å². The summed E-state index contributed by atoms with van der Waals surface area (Å²) in [5.41, 5.74) is 2.38. The van der Waals surface area contributed by atoms with E-state index in [0.717, 1.165) is 5.75 Å². The summed E-state index contributed by atoms with van der Waals surface area (Å²) in [4.78, 5) is 0. The Morgan fingerprint density at radius 1 is 0.895 bits per heavy atom. The van der Waals surface area contributed by atoms with Crippen molar-refractivity contribution in [2.75, 3.05) is 7.05 Å². The van der Waals surface area contributed by atoms with Crippen molar-refractivity contribution in [1.82, 2.24) is 5.32 Å². The Bertz CT molecular complexity index is 510. The SMILES string of the molecule is CNC(C)c1ccccc1OC(C)c1ccccc1. The van der Waals surface area contributed by atoms with E-state index in [2.05, 4.69) is 37.4 Å². The quantitative estimate of drug-likeness (QED) is 0.868. The molecule has 0 spiro atoms. The number of benzene rings is 2. The van der Waals surface area contributed by atoms with Crippen molar-refractivity contribution in [3.63, 3.8) is 0 Å². The number of hydrogen-bond donors (Lipinski definition) is 1. The summed E-state index contributed by atoms with van der Waals surface area (Å²) in [6.07, 6.45) is 0.0476. The second-order valence-corrected chi connectivity index (χ2v) is 4.72. The molecule has 2 unspecified atom stereocenters. The molecule has 0 saturated heterocycles. The van der Waals surface area contributed by atoms with Crippen LogP contribution in [-0.4, -0.2) is 7.05 Å². The normalized spacial score (nSPS) is 13.8. The van der Waals surface area contributed by atoms with Gasteiger partial charge < -0.3 is 10.1 Å². The number of nitrogens with one attached hydrogen (secondary N) is 1. The first-order valence-electron chi connectivity index (χ1n) is 6.70. The third-order valence-corrected chi connectivity index (χ3v) is 3.39. The monoisotopic (exact) mass is 255 g/mol. The molecule has 2 heteroatoms. The molecule has 1 N–H and O–H groups in total. The lowest BCUT2D eigenvalue weighted by Crippen LogP contribution is -2.14. The average Bonchev–Trinajstić information content (AvgIpc) is 2.48. The smallest absolute Gasteiger partial charge is 0.124 e. The third kappa shape index (κ3) is 3.36. The Kier molecular flexibility index (Phi) is 4.58. The molecule has 0 aromatic heterocycles. The molecule has 0 saturated carbocycles. The van der Waals surface area contributed by atoms with Crippen molar-refractivity contribution in [2.24, 2.45) is 0 Å². The van der Waals surface area contributed by atoms with Gasteiger partial charge in [-0.1, -0.05) is 48.5 Å². The predicted octanol–water partition coefficient (Wildman–Crippen LogP) is 4.11. The van der Waals surface area contributed by atoms with Crippen LogP contribution in [0, 0.1) is 0 Å². The predicted molar refractivity (Wildman–Crippen MR) is 79.4 cm³/mol. The van der Waals surface area contributed by atoms with E-state index in [1.165, 1.54) is 11.1 Å². The van der Waals surface area contributed by atoms with E-state index in [4.69, 9.17) is 4.74 Å². The molecule has 0 fully saturated rings. The number of ether oxygens (including phenoxy) is 1. The van der Waals surface area contributed by atoms with E-state index in [1.54, 1.807) is 0 Å². The van der Waals surface area contributed by atoms with E-state index >= 15 is 0 Å². The number of para-hydroxylation sites is 1. The van der Waals surface area contributed by atoms with Crippen LogP contribution in [0.5, 0.6) is 5.75 Å². The zero-order chi connectivity index (χ0) is 13.7. The summed E-state index contributed by atoms with van der Waals surface area (Å²) in [5.74, 6) is 0.945. The maximum atomic E-state index is 6.11. The van der Waals surface area contributed by atoms with Gasteiger partial charge in [0.1, 0.15) is 11.9 Å². The van der Waals surface area contributed by atoms with Crippen LogP contribution in [0.4, 0.5) is 0 Å². The van der Waals surface area contributed by atoms with Gasteiger partial charge in [-0.05, 0) is 32.5 Å². The minimum Gasteiger partial charge on any atom is -0.486 e. The van der Waals surface area contributed by atoms with Crippen molar-refractivity contribution < 1.29 is 4.74 Å². The molecular formula is C17H21NO. The fraction of sp³-hybridized carbons (Fsp3) is 0.294. The number of rotatable bonds is 5. The van der Waals surface area contributed by atoms with Crippen LogP contribution in [0.3, 0.4) is 0 Å². The molecule has 0 aliphatic heterocycles. The summed E-state index contributed by atoms with van der Waals surface area (Å²) in [5, 5.41) is 3.25. The van der Waals surface area contributed by atoms with Gasteiger partial charge in [0.25, 0.3) is 0 Å². The molecule has 2 atom stereocenters. The van der Waals surface area contributed by atoms with Crippen LogP contribution >= 0.6 is 0 Å². The zero-order valence-corrected chi connectivity index (χ0v) is 11.8. The Balaban J connectivity index is 2.19. The van der Waals surface area contributed by atoms with E-state index in [-0.39, 0.29) is 12.1 Å². The molecule has 0 aliphatic carbocycles. The minimum absolute atomic E-state index is 0.0476. The first kappa shape index (κ1) is 13.6. The highest BCUT2D eigenvalue weighted by Gasteiger charge is 2.12. The van der Waals surface area contributed by atoms with Crippen LogP contribution < -0.4 is 10.1 Å². The molecule has 2 aromatic carbocycles. The topological polar surface area (TPSA) is 21.3 Å². The number of hydrogen-bond acceptors (Lipinski definition) is 2. The highest BCUT2D eigenvalue weighted by atomic mass is 16.5. The van der Waals surface area contributed by atoms with Crippen molar-refractivity contribution in [1.29, 1.82) is 0 Å². The molecule has 0 radical (unpaired) electrons. The zero-order valence-electron chi connectivity index (χ0n) is 11.8. The largest absolute Gasteiger partial charge is 0.486 e. The van der Waals surface area contributed by atoms with Crippen molar-refractivity contribution in [3.05, 3.63) is 65.7 Å². The van der Waals surface area contributed by atoms with Gasteiger partial charge in [-0.3, -0.25) is 0 Å². The van der Waals surface area contributed by atoms with E-state index in [9.17, 15) is 0 Å². The lowest BCUT2D eigenvalue weighted by molar-refractivity contribution is 0.223. The molecule has 0 amide bonds. The van der Waals surface area contributed by atoms with Gasteiger partial charge in [0, 0.05) is 11.6 Å². The van der Waals surface area contributed by atoms with Gasteiger partial charge in [-0.15, -0.1) is 0 Å². The Hall–Kier alpha value is -1.80. The molecule has 19 heavy (non-hydrogen) atoms. The summed E-state index contributed by atoms with van der Waals surface area (Å²) >= 11 is 0. The summed E-state index contributed by atoms with van der Waals surface area (Å²) in [6, 6.07) is 18.8. The van der Waals surface area contributed by atoms with Crippen LogP contribution in [0.2, 0.25) is 0 Å². The summed E-state index contributed by atoms with van der Waals surface area (Å²) in [6.45, 7) is 4.21. The highest BCUT2D eigenvalue weighted by Crippen LogP contribution is 2.28. The summed E-state index contributed by atoms with van der Waals surface area (Å²) < 4.78 is 6.11. The molecule has 100 valence electrons. The van der Waals surface area contributed by atoms with E-state index < -0.39 is 0 Å². The Morgan fingerprint density at radius 3 is 2.21 bits per heavy atom. The molecule has 0 aliphatic rings. The van der Waals surface area contributed by atoms with E-state index in [0.29, 0.717) is 0 Å². The Morgan fingerprint density at radius 2 is 1.53 bits per heavy atom. The maximum Gasteiger partial charge on any atom is 0.124 e. The van der Waals surface area contributed by atoms with Crippen LogP contribution in [0.15, 0.2) is 54.6 Å². The second kappa shape index (κ2) is 6.39. The first-order valence-corrected chi connectivity index (χ1v) is 6.70. The van der Waals surface area contributed by atoms with Crippen LogP contribution in [0.25, 0.3) is 0 Å². The van der Waals surface area contributed by atoms with Gasteiger partial charge in [-0.25, -0.2) is 0 Å². The molecular weight excluding hydrogens is 234 g/mol. The molecule has 2 nitrogen and oxygen atoms in total. The van der Waals surface area contributed by atoms with Crippen LogP contribution in [0.1, 0.15) is 37.1 Å². The second-order valence-electron chi connectivity index (χ2n) is 4.72. The highest BCUT2D eigenvalue weighted by molar-refractivity contribution is 5.36. The van der Waals surface area contributed by atoms with Gasteiger partial charge in [0.2, 0.25) is 0 Å². The third-order valence-electron chi connectivity index (χ3n) is 3.39. The standard InChI is InChI=1S/C17H21NO/c1-13(18-3)16-11-7-8-12-17(16)19-14(2)15-9-5-4-6-10-15/h4-14,18H,1-3H3. The minimum atomic E-state index is 0.0476. The molecule has 2 rings (SSSR count). The molecule has 0 bridgehead atoms. The van der Waals surface area contributed by atoms with Gasteiger partial charge >= 0.3 is 0 Å². The fourth-order valence-corrected chi connectivity index (χ4v) is 2.08. The molecule has 2 aromatic rings. The summed E-state index contributed by atoms with van der Waals surface area (Å²) in [7, 11) is 1.96. The lowest BCUT2D eigenvalue weighted by Gasteiger charge is -2.20. The first-order chi connectivity index (χ1) is 9.22. The van der Waals surface area contributed by atoms with Gasteiger partial charge in [0.05, 0.1) is 0 Å². The lowest BCUT2D eigenvalue weighted by atomic mass is 10.1. The van der Waals surface area contributed by atoms with Gasteiger partial charge in [-0.2, -0.15) is 0 Å². The van der Waals surface area contributed by atoms with E-state index in [1.807, 2.05) is 43.4 Å². The Labute approximate surface area is 115 Å². The molecule has 0 heterocycles.